The Morgan fingerprint density at radius 1 is 0.789 bits per heavy atom. The van der Waals surface area contributed by atoms with Gasteiger partial charge in [0.25, 0.3) is 0 Å². The average molecular weight is 254 g/mol. The summed E-state index contributed by atoms with van der Waals surface area (Å²) in [5.74, 6) is 0.842. The molecular formula is C18H22O. The Kier molecular flexibility index (Phi) is 4.75. The predicted molar refractivity (Wildman–Crippen MR) is 80.5 cm³/mol. The SMILES string of the molecule is CC(C)c1ccc(C(CCO)c2ccccc2)cc1. The van der Waals surface area contributed by atoms with Gasteiger partial charge in [-0.25, -0.2) is 0 Å². The van der Waals surface area contributed by atoms with E-state index in [9.17, 15) is 5.11 Å². The number of aliphatic hydroxyl groups excluding tert-OH is 1. The van der Waals surface area contributed by atoms with Crippen LogP contribution in [0, 0.1) is 0 Å². The van der Waals surface area contributed by atoms with Gasteiger partial charge in [-0.05, 0) is 29.0 Å². The molecule has 2 rings (SSSR count). The molecule has 0 aromatic heterocycles. The topological polar surface area (TPSA) is 20.2 Å². The molecule has 1 nitrogen and oxygen atoms in total. The standard InChI is InChI=1S/C18H22O/c1-14(2)15-8-10-17(11-9-15)18(12-13-19)16-6-4-3-5-7-16/h3-11,14,18-19H,12-13H2,1-2H3. The summed E-state index contributed by atoms with van der Waals surface area (Å²) in [6, 6.07) is 19.2. The lowest BCUT2D eigenvalue weighted by Gasteiger charge is -2.18. The highest BCUT2D eigenvalue weighted by Gasteiger charge is 2.13. The van der Waals surface area contributed by atoms with E-state index in [1.165, 1.54) is 16.7 Å². The van der Waals surface area contributed by atoms with Crippen molar-refractivity contribution in [1.29, 1.82) is 0 Å². The summed E-state index contributed by atoms with van der Waals surface area (Å²) in [5.41, 5.74) is 3.91. The monoisotopic (exact) mass is 254 g/mol. The van der Waals surface area contributed by atoms with Crippen LogP contribution in [-0.4, -0.2) is 11.7 Å². The van der Waals surface area contributed by atoms with Gasteiger partial charge in [0.2, 0.25) is 0 Å². The molecule has 2 aromatic rings. The van der Waals surface area contributed by atoms with Crippen LogP contribution in [0.1, 0.15) is 48.8 Å². The van der Waals surface area contributed by atoms with E-state index >= 15 is 0 Å². The summed E-state index contributed by atoms with van der Waals surface area (Å²) in [7, 11) is 0. The van der Waals surface area contributed by atoms with E-state index in [4.69, 9.17) is 0 Å². The second kappa shape index (κ2) is 6.53. The van der Waals surface area contributed by atoms with Gasteiger partial charge in [-0.15, -0.1) is 0 Å². The van der Waals surface area contributed by atoms with Gasteiger partial charge in [0.05, 0.1) is 0 Å². The molecule has 1 N–H and O–H groups in total. The third kappa shape index (κ3) is 3.45. The minimum absolute atomic E-state index is 0.214. The fraction of sp³-hybridized carbons (Fsp3) is 0.333. The lowest BCUT2D eigenvalue weighted by molar-refractivity contribution is 0.281. The quantitative estimate of drug-likeness (QED) is 0.842. The second-order valence-electron chi connectivity index (χ2n) is 5.30. The van der Waals surface area contributed by atoms with Crippen molar-refractivity contribution in [2.24, 2.45) is 0 Å². The Morgan fingerprint density at radius 2 is 1.32 bits per heavy atom. The van der Waals surface area contributed by atoms with Crippen molar-refractivity contribution >= 4 is 0 Å². The normalized spacial score (nSPS) is 12.6. The second-order valence-corrected chi connectivity index (χ2v) is 5.30. The maximum Gasteiger partial charge on any atom is 0.0440 e. The summed E-state index contributed by atoms with van der Waals surface area (Å²) in [6.45, 7) is 4.63. The molecule has 1 heteroatoms. The summed E-state index contributed by atoms with van der Waals surface area (Å²) < 4.78 is 0. The van der Waals surface area contributed by atoms with Crippen molar-refractivity contribution in [1.82, 2.24) is 0 Å². The van der Waals surface area contributed by atoms with E-state index in [0.717, 1.165) is 6.42 Å². The fourth-order valence-electron chi connectivity index (χ4n) is 2.45. The lowest BCUT2D eigenvalue weighted by atomic mass is 9.87. The number of hydrogen-bond donors (Lipinski definition) is 1. The highest BCUT2D eigenvalue weighted by atomic mass is 16.3. The zero-order valence-electron chi connectivity index (χ0n) is 11.7. The van der Waals surface area contributed by atoms with Gasteiger partial charge in [-0.3, -0.25) is 0 Å². The van der Waals surface area contributed by atoms with Gasteiger partial charge in [0.15, 0.2) is 0 Å². The Hall–Kier alpha value is -1.60. The molecule has 100 valence electrons. The van der Waals surface area contributed by atoms with Crippen LogP contribution in [-0.2, 0) is 0 Å². The largest absolute Gasteiger partial charge is 0.396 e. The molecule has 0 saturated heterocycles. The first-order valence-electron chi connectivity index (χ1n) is 6.98. The third-order valence-electron chi connectivity index (χ3n) is 3.63. The van der Waals surface area contributed by atoms with E-state index in [0.29, 0.717) is 5.92 Å². The molecule has 0 spiro atoms. The molecule has 0 aliphatic heterocycles. The number of benzene rings is 2. The van der Waals surface area contributed by atoms with Gasteiger partial charge in [0.1, 0.15) is 0 Å². The van der Waals surface area contributed by atoms with Gasteiger partial charge < -0.3 is 5.11 Å². The van der Waals surface area contributed by atoms with Gasteiger partial charge in [0, 0.05) is 12.5 Å². The molecule has 2 aromatic carbocycles. The fourth-order valence-corrected chi connectivity index (χ4v) is 2.45. The van der Waals surface area contributed by atoms with Crippen LogP contribution < -0.4 is 0 Å². The van der Waals surface area contributed by atoms with Gasteiger partial charge in [-0.1, -0.05) is 68.4 Å². The van der Waals surface area contributed by atoms with Crippen LogP contribution in [0.15, 0.2) is 54.6 Å². The summed E-state index contributed by atoms with van der Waals surface area (Å²) in [5, 5.41) is 9.30. The van der Waals surface area contributed by atoms with E-state index in [2.05, 4.69) is 62.4 Å². The zero-order valence-corrected chi connectivity index (χ0v) is 11.7. The maximum atomic E-state index is 9.30. The molecule has 0 heterocycles. The molecule has 0 aliphatic rings. The van der Waals surface area contributed by atoms with E-state index in [1.807, 2.05) is 6.07 Å². The first-order chi connectivity index (χ1) is 9.22. The molecule has 19 heavy (non-hydrogen) atoms. The highest BCUT2D eigenvalue weighted by Crippen LogP contribution is 2.28. The minimum atomic E-state index is 0.214. The van der Waals surface area contributed by atoms with Crippen LogP contribution in [0.2, 0.25) is 0 Å². The van der Waals surface area contributed by atoms with E-state index in [-0.39, 0.29) is 12.5 Å². The Morgan fingerprint density at radius 3 is 1.84 bits per heavy atom. The lowest BCUT2D eigenvalue weighted by Crippen LogP contribution is -2.04. The first kappa shape index (κ1) is 13.8. The molecule has 0 fully saturated rings. The molecule has 0 saturated carbocycles. The molecule has 0 bridgehead atoms. The van der Waals surface area contributed by atoms with Crippen molar-refractivity contribution < 1.29 is 5.11 Å². The van der Waals surface area contributed by atoms with Crippen molar-refractivity contribution in [3.8, 4) is 0 Å². The number of rotatable bonds is 5. The summed E-state index contributed by atoms with van der Waals surface area (Å²) in [4.78, 5) is 0. The van der Waals surface area contributed by atoms with Crippen LogP contribution >= 0.6 is 0 Å². The van der Waals surface area contributed by atoms with Crippen molar-refractivity contribution in [3.63, 3.8) is 0 Å². The number of hydrogen-bond acceptors (Lipinski definition) is 1. The average Bonchev–Trinajstić information content (AvgIpc) is 2.46. The van der Waals surface area contributed by atoms with Crippen molar-refractivity contribution in [2.45, 2.75) is 32.1 Å². The van der Waals surface area contributed by atoms with Crippen LogP contribution in [0.4, 0.5) is 0 Å². The Bertz CT molecular complexity index is 485. The predicted octanol–water partition coefficient (Wildman–Crippen LogP) is 4.32. The van der Waals surface area contributed by atoms with Crippen LogP contribution in [0.3, 0.4) is 0 Å². The highest BCUT2D eigenvalue weighted by molar-refractivity contribution is 5.34. The number of aliphatic hydroxyl groups is 1. The molecule has 0 amide bonds. The third-order valence-corrected chi connectivity index (χ3v) is 3.63. The smallest absolute Gasteiger partial charge is 0.0440 e. The van der Waals surface area contributed by atoms with E-state index < -0.39 is 0 Å². The first-order valence-corrected chi connectivity index (χ1v) is 6.98. The Labute approximate surface area is 115 Å². The minimum Gasteiger partial charge on any atom is -0.396 e. The van der Waals surface area contributed by atoms with Crippen LogP contribution in [0.5, 0.6) is 0 Å². The van der Waals surface area contributed by atoms with Gasteiger partial charge >= 0.3 is 0 Å². The molecular weight excluding hydrogens is 232 g/mol. The molecule has 0 aliphatic carbocycles. The molecule has 1 atom stereocenters. The molecule has 0 radical (unpaired) electrons. The molecule has 1 unspecified atom stereocenters. The zero-order chi connectivity index (χ0) is 13.7. The van der Waals surface area contributed by atoms with Crippen molar-refractivity contribution in [3.05, 3.63) is 71.3 Å². The summed E-state index contributed by atoms with van der Waals surface area (Å²) in [6.07, 6.45) is 0.769. The summed E-state index contributed by atoms with van der Waals surface area (Å²) >= 11 is 0. The van der Waals surface area contributed by atoms with Crippen molar-refractivity contribution in [2.75, 3.05) is 6.61 Å². The maximum absolute atomic E-state index is 9.30. The van der Waals surface area contributed by atoms with Gasteiger partial charge in [-0.2, -0.15) is 0 Å². The van der Waals surface area contributed by atoms with Crippen LogP contribution in [0.25, 0.3) is 0 Å². The van der Waals surface area contributed by atoms with E-state index in [1.54, 1.807) is 0 Å². The Balaban J connectivity index is 2.29.